The van der Waals surface area contributed by atoms with E-state index in [9.17, 15) is 0 Å². The Morgan fingerprint density at radius 2 is 1.43 bits per heavy atom. The van der Waals surface area contributed by atoms with Crippen LogP contribution in [0.5, 0.6) is 0 Å². The summed E-state index contributed by atoms with van der Waals surface area (Å²) in [4.78, 5) is 0. The van der Waals surface area contributed by atoms with Gasteiger partial charge in [-0.15, -0.1) is 0 Å². The molecule has 0 bridgehead atoms. The van der Waals surface area contributed by atoms with E-state index < -0.39 is 0 Å². The van der Waals surface area contributed by atoms with Gasteiger partial charge >= 0.3 is 0 Å². The molecule has 0 aromatic carbocycles. The lowest BCUT2D eigenvalue weighted by Gasteiger charge is -2.34. The van der Waals surface area contributed by atoms with Gasteiger partial charge in [-0.05, 0) is 38.5 Å². The Balaban J connectivity index is 1.73. The SMILES string of the molecule is C1CCC2(CC1)CNC1(CCCC1)O2. The van der Waals surface area contributed by atoms with Gasteiger partial charge in [-0.2, -0.15) is 0 Å². The van der Waals surface area contributed by atoms with E-state index in [0.717, 1.165) is 6.54 Å². The molecule has 2 heteroatoms. The van der Waals surface area contributed by atoms with Crippen molar-refractivity contribution in [3.63, 3.8) is 0 Å². The molecule has 0 amide bonds. The van der Waals surface area contributed by atoms with Crippen LogP contribution >= 0.6 is 0 Å². The van der Waals surface area contributed by atoms with Gasteiger partial charge in [0.2, 0.25) is 0 Å². The minimum absolute atomic E-state index is 0.108. The van der Waals surface area contributed by atoms with Crippen molar-refractivity contribution in [3.05, 3.63) is 0 Å². The standard InChI is InChI=1S/C12H21NO/c1-2-6-11(7-3-1)10-13-12(14-11)8-4-5-9-12/h13H,1-10H2. The third-order valence-electron chi connectivity index (χ3n) is 4.32. The highest BCUT2D eigenvalue weighted by atomic mass is 16.6. The van der Waals surface area contributed by atoms with Crippen molar-refractivity contribution in [3.8, 4) is 0 Å². The third-order valence-corrected chi connectivity index (χ3v) is 4.32. The van der Waals surface area contributed by atoms with Gasteiger partial charge in [-0.3, -0.25) is 5.32 Å². The molecule has 14 heavy (non-hydrogen) atoms. The maximum absolute atomic E-state index is 6.43. The molecule has 0 aromatic rings. The second kappa shape index (κ2) is 3.21. The predicted molar refractivity (Wildman–Crippen MR) is 56.1 cm³/mol. The molecule has 0 radical (unpaired) electrons. The Hall–Kier alpha value is -0.0800. The van der Waals surface area contributed by atoms with Gasteiger partial charge < -0.3 is 4.74 Å². The summed E-state index contributed by atoms with van der Waals surface area (Å²) in [6, 6.07) is 0. The lowest BCUT2D eigenvalue weighted by molar-refractivity contribution is -0.118. The number of rotatable bonds is 0. The molecule has 1 heterocycles. The van der Waals surface area contributed by atoms with Gasteiger partial charge in [0.05, 0.1) is 5.60 Å². The van der Waals surface area contributed by atoms with E-state index in [0.29, 0.717) is 0 Å². The van der Waals surface area contributed by atoms with Crippen LogP contribution < -0.4 is 5.32 Å². The molecule has 3 rings (SSSR count). The molecular formula is C12H21NO. The molecule has 0 aromatic heterocycles. The van der Waals surface area contributed by atoms with E-state index in [4.69, 9.17) is 4.74 Å². The predicted octanol–water partition coefficient (Wildman–Crippen LogP) is 2.58. The Bertz CT molecular complexity index is 214. The Morgan fingerprint density at radius 3 is 2.14 bits per heavy atom. The Morgan fingerprint density at radius 1 is 0.786 bits per heavy atom. The molecule has 3 fully saturated rings. The summed E-state index contributed by atoms with van der Waals surface area (Å²) < 4.78 is 6.43. The smallest absolute Gasteiger partial charge is 0.120 e. The average molecular weight is 195 g/mol. The highest BCUT2D eigenvalue weighted by Crippen LogP contribution is 2.44. The first kappa shape index (κ1) is 9.17. The van der Waals surface area contributed by atoms with E-state index in [-0.39, 0.29) is 11.3 Å². The second-order valence-electron chi connectivity index (χ2n) is 5.40. The molecule has 0 atom stereocenters. The highest BCUT2D eigenvalue weighted by molar-refractivity contribution is 5.00. The molecule has 1 aliphatic heterocycles. The van der Waals surface area contributed by atoms with E-state index in [2.05, 4.69) is 5.32 Å². The van der Waals surface area contributed by atoms with E-state index in [1.165, 1.54) is 57.8 Å². The number of hydrogen-bond donors (Lipinski definition) is 1. The van der Waals surface area contributed by atoms with E-state index >= 15 is 0 Å². The summed E-state index contributed by atoms with van der Waals surface area (Å²) >= 11 is 0. The van der Waals surface area contributed by atoms with Crippen molar-refractivity contribution in [2.24, 2.45) is 0 Å². The Kier molecular flexibility index (Phi) is 2.10. The van der Waals surface area contributed by atoms with Crippen molar-refractivity contribution >= 4 is 0 Å². The summed E-state index contributed by atoms with van der Waals surface area (Å²) in [7, 11) is 0. The van der Waals surface area contributed by atoms with Crippen LogP contribution in [0.25, 0.3) is 0 Å². The first-order valence-corrected chi connectivity index (χ1v) is 6.28. The van der Waals surface area contributed by atoms with Crippen LogP contribution in [0.3, 0.4) is 0 Å². The summed E-state index contributed by atoms with van der Waals surface area (Å²) in [5, 5.41) is 3.67. The molecule has 2 spiro atoms. The normalized spacial score (nSPS) is 34.3. The van der Waals surface area contributed by atoms with Gasteiger partial charge in [0.15, 0.2) is 0 Å². The summed E-state index contributed by atoms with van der Waals surface area (Å²) in [5.74, 6) is 0. The fourth-order valence-corrected chi connectivity index (χ4v) is 3.51. The van der Waals surface area contributed by atoms with Crippen LogP contribution in [-0.4, -0.2) is 17.9 Å². The van der Waals surface area contributed by atoms with Crippen LogP contribution in [0.2, 0.25) is 0 Å². The molecule has 1 N–H and O–H groups in total. The second-order valence-corrected chi connectivity index (χ2v) is 5.40. The van der Waals surface area contributed by atoms with Gasteiger partial charge in [-0.1, -0.05) is 19.3 Å². The molecule has 2 aliphatic carbocycles. The largest absolute Gasteiger partial charge is 0.353 e. The average Bonchev–Trinajstić information content (AvgIpc) is 2.78. The monoisotopic (exact) mass is 195 g/mol. The molecule has 80 valence electrons. The first-order chi connectivity index (χ1) is 6.83. The summed E-state index contributed by atoms with van der Waals surface area (Å²) in [6.45, 7) is 1.12. The van der Waals surface area contributed by atoms with Crippen LogP contribution in [0, 0.1) is 0 Å². The van der Waals surface area contributed by atoms with Crippen molar-refractivity contribution in [1.82, 2.24) is 5.32 Å². The molecule has 2 saturated carbocycles. The zero-order chi connectivity index (χ0) is 9.49. The highest BCUT2D eigenvalue weighted by Gasteiger charge is 2.49. The van der Waals surface area contributed by atoms with Gasteiger partial charge in [0, 0.05) is 6.54 Å². The maximum Gasteiger partial charge on any atom is 0.120 e. The first-order valence-electron chi connectivity index (χ1n) is 6.28. The zero-order valence-electron chi connectivity index (χ0n) is 8.98. The minimum Gasteiger partial charge on any atom is -0.353 e. The Labute approximate surface area is 86.4 Å². The van der Waals surface area contributed by atoms with Crippen LogP contribution in [0.1, 0.15) is 57.8 Å². The lowest BCUT2D eigenvalue weighted by atomic mass is 9.85. The van der Waals surface area contributed by atoms with Crippen molar-refractivity contribution in [2.75, 3.05) is 6.54 Å². The fourth-order valence-electron chi connectivity index (χ4n) is 3.51. The fraction of sp³-hybridized carbons (Fsp3) is 1.00. The molecule has 0 unspecified atom stereocenters. The molecule has 2 nitrogen and oxygen atoms in total. The number of ether oxygens (including phenoxy) is 1. The summed E-state index contributed by atoms with van der Waals surface area (Å²) in [5.41, 5.74) is 0.347. The summed E-state index contributed by atoms with van der Waals surface area (Å²) in [6.07, 6.45) is 11.9. The molecule has 1 saturated heterocycles. The van der Waals surface area contributed by atoms with Crippen LogP contribution in [0.4, 0.5) is 0 Å². The maximum atomic E-state index is 6.43. The quantitative estimate of drug-likeness (QED) is 0.641. The topological polar surface area (TPSA) is 21.3 Å². The van der Waals surface area contributed by atoms with Crippen molar-refractivity contribution in [2.45, 2.75) is 69.1 Å². The molecule has 3 aliphatic rings. The van der Waals surface area contributed by atoms with Gasteiger partial charge in [0.25, 0.3) is 0 Å². The van der Waals surface area contributed by atoms with Crippen molar-refractivity contribution < 1.29 is 4.74 Å². The van der Waals surface area contributed by atoms with Crippen LogP contribution in [-0.2, 0) is 4.74 Å². The van der Waals surface area contributed by atoms with Crippen LogP contribution in [0.15, 0.2) is 0 Å². The number of nitrogens with one attached hydrogen (secondary N) is 1. The zero-order valence-corrected chi connectivity index (χ0v) is 8.98. The minimum atomic E-state index is 0.108. The molecular weight excluding hydrogens is 174 g/mol. The van der Waals surface area contributed by atoms with Crippen molar-refractivity contribution in [1.29, 1.82) is 0 Å². The van der Waals surface area contributed by atoms with Gasteiger partial charge in [-0.25, -0.2) is 0 Å². The van der Waals surface area contributed by atoms with Gasteiger partial charge in [0.1, 0.15) is 5.72 Å². The number of hydrogen-bond acceptors (Lipinski definition) is 2. The van der Waals surface area contributed by atoms with E-state index in [1.54, 1.807) is 0 Å². The van der Waals surface area contributed by atoms with E-state index in [1.807, 2.05) is 0 Å². The lowest BCUT2D eigenvalue weighted by Crippen LogP contribution is -2.38. The third kappa shape index (κ3) is 1.40.